The van der Waals surface area contributed by atoms with Crippen LogP contribution < -0.4 is 10.8 Å². The van der Waals surface area contributed by atoms with Crippen LogP contribution >= 0.6 is 0 Å². The molecule has 2 saturated carbocycles. The van der Waals surface area contributed by atoms with Crippen molar-refractivity contribution in [1.82, 2.24) is 20.2 Å². The van der Waals surface area contributed by atoms with Gasteiger partial charge in [-0.15, -0.1) is 0 Å². The summed E-state index contributed by atoms with van der Waals surface area (Å²) in [6.07, 6.45) is 5.76. The molecule has 0 atom stereocenters. The minimum Gasteiger partial charge on any atom is -0.466 e. The van der Waals surface area contributed by atoms with Gasteiger partial charge in [-0.25, -0.2) is 9.67 Å². The summed E-state index contributed by atoms with van der Waals surface area (Å²) in [5, 5.41) is 8.33. The molecule has 37 heavy (non-hydrogen) atoms. The number of fused-ring (bicyclic) bond motifs is 1. The van der Waals surface area contributed by atoms with Crippen LogP contribution in [0.1, 0.15) is 82.9 Å². The number of aromatic nitrogens is 3. The Hall–Kier alpha value is -2.82. The van der Waals surface area contributed by atoms with Crippen LogP contribution in [0.2, 0.25) is 0 Å². The van der Waals surface area contributed by atoms with Crippen molar-refractivity contribution in [2.75, 3.05) is 11.9 Å². The lowest BCUT2D eigenvalue weighted by Gasteiger charge is -2.33. The number of aryl methyl sites for hydroxylation is 1. The van der Waals surface area contributed by atoms with Gasteiger partial charge in [0.2, 0.25) is 0 Å². The number of hydrogen-bond acceptors (Lipinski definition) is 7. The molecule has 2 fully saturated rings. The topological polar surface area (TPSA) is 90.3 Å². The van der Waals surface area contributed by atoms with Gasteiger partial charge in [0.1, 0.15) is 5.60 Å². The molecule has 2 aliphatic carbocycles. The maximum atomic E-state index is 14.5. The highest BCUT2D eigenvalue weighted by Gasteiger charge is 2.45. The molecule has 2 aromatic rings. The van der Waals surface area contributed by atoms with Gasteiger partial charge in [0.15, 0.2) is 11.3 Å². The molecule has 8 nitrogen and oxygen atoms in total. The Labute approximate surface area is 213 Å². The third kappa shape index (κ3) is 5.02. The van der Waals surface area contributed by atoms with E-state index in [9.17, 15) is 18.0 Å². The first-order valence-corrected chi connectivity index (χ1v) is 13.3. The summed E-state index contributed by atoms with van der Waals surface area (Å²) >= 11 is 0. The molecule has 0 unspecified atom stereocenters. The Bertz CT molecular complexity index is 1180. The zero-order valence-electron chi connectivity index (χ0n) is 21.3. The van der Waals surface area contributed by atoms with Gasteiger partial charge in [-0.05, 0) is 58.4 Å². The maximum absolute atomic E-state index is 14.5. The molecule has 2 N–H and O–H groups in total. The summed E-state index contributed by atoms with van der Waals surface area (Å²) < 4.78 is 50.2. The molecule has 202 valence electrons. The fraction of sp³-hybridized carbons (Fsp3) is 0.654. The van der Waals surface area contributed by atoms with Crippen molar-refractivity contribution in [1.29, 1.82) is 0 Å². The van der Waals surface area contributed by atoms with Gasteiger partial charge < -0.3 is 10.1 Å². The Morgan fingerprint density at radius 1 is 1.22 bits per heavy atom. The SMILES string of the molecule is CCOC(=O)C1CCC2(C=C(c3c(C(F)(F)F)nc4c(cnn4CC)c3NC3CCCCC3)NO2)CC1. The first kappa shape index (κ1) is 25.8. The van der Waals surface area contributed by atoms with E-state index in [1.165, 1.54) is 4.68 Å². The zero-order chi connectivity index (χ0) is 26.2. The van der Waals surface area contributed by atoms with Gasteiger partial charge in [-0.1, -0.05) is 19.3 Å². The van der Waals surface area contributed by atoms with Crippen molar-refractivity contribution >= 4 is 28.4 Å². The summed E-state index contributed by atoms with van der Waals surface area (Å²) in [6, 6.07) is 0.0704. The third-order valence-corrected chi connectivity index (χ3v) is 7.80. The molecular weight excluding hydrogens is 487 g/mol. The van der Waals surface area contributed by atoms with E-state index in [1.54, 1.807) is 19.2 Å². The number of carbonyl (C=O) groups is 1. The fourth-order valence-corrected chi connectivity index (χ4v) is 5.84. The van der Waals surface area contributed by atoms with Gasteiger partial charge >= 0.3 is 12.1 Å². The van der Waals surface area contributed by atoms with E-state index in [0.717, 1.165) is 32.1 Å². The quantitative estimate of drug-likeness (QED) is 0.480. The van der Waals surface area contributed by atoms with Crippen molar-refractivity contribution in [2.45, 2.75) is 96.0 Å². The van der Waals surface area contributed by atoms with Crippen LogP contribution in [-0.4, -0.2) is 39.0 Å². The molecule has 0 bridgehead atoms. The van der Waals surface area contributed by atoms with Gasteiger partial charge in [0.05, 0.1) is 41.1 Å². The highest BCUT2D eigenvalue weighted by atomic mass is 19.4. The average molecular weight is 522 g/mol. The largest absolute Gasteiger partial charge is 0.466 e. The van der Waals surface area contributed by atoms with E-state index in [4.69, 9.17) is 9.57 Å². The Morgan fingerprint density at radius 3 is 2.59 bits per heavy atom. The number of nitrogens with zero attached hydrogens (tertiary/aromatic N) is 3. The minimum atomic E-state index is -4.69. The van der Waals surface area contributed by atoms with Crippen molar-refractivity contribution in [3.05, 3.63) is 23.5 Å². The first-order valence-electron chi connectivity index (χ1n) is 13.3. The summed E-state index contributed by atoms with van der Waals surface area (Å²) in [7, 11) is 0. The standard InChI is InChI=1S/C26H34F3N5O3/c1-3-34-23-18(15-30-34)21(31-17-8-6-5-7-9-17)20(22(32-23)26(27,28)29)19-14-25(37-33-19)12-10-16(11-13-25)24(35)36-4-2/h14-17,33H,3-13H2,1-2H3,(H,31,32). The fourth-order valence-electron chi connectivity index (χ4n) is 5.84. The summed E-state index contributed by atoms with van der Waals surface area (Å²) in [6.45, 7) is 4.33. The molecule has 1 aliphatic heterocycles. The van der Waals surface area contributed by atoms with Crippen LogP contribution in [0, 0.1) is 5.92 Å². The van der Waals surface area contributed by atoms with Crippen LogP contribution in [0.5, 0.6) is 0 Å². The average Bonchev–Trinajstić information content (AvgIpc) is 3.48. The van der Waals surface area contributed by atoms with E-state index in [2.05, 4.69) is 20.9 Å². The number of carbonyl (C=O) groups excluding carboxylic acids is 1. The minimum absolute atomic E-state index is 0.0365. The third-order valence-electron chi connectivity index (χ3n) is 7.80. The molecule has 1 spiro atoms. The van der Waals surface area contributed by atoms with Crippen LogP contribution in [0.4, 0.5) is 18.9 Å². The number of pyridine rings is 1. The molecule has 3 heterocycles. The molecule has 3 aliphatic rings. The summed E-state index contributed by atoms with van der Waals surface area (Å²) in [4.78, 5) is 22.2. The van der Waals surface area contributed by atoms with Crippen molar-refractivity contribution in [3.8, 4) is 0 Å². The molecule has 5 rings (SSSR count). The lowest BCUT2D eigenvalue weighted by molar-refractivity contribution is -0.151. The lowest BCUT2D eigenvalue weighted by atomic mass is 9.78. The van der Waals surface area contributed by atoms with Crippen molar-refractivity contribution in [2.24, 2.45) is 5.92 Å². The van der Waals surface area contributed by atoms with Crippen molar-refractivity contribution < 1.29 is 27.5 Å². The van der Waals surface area contributed by atoms with E-state index in [0.29, 0.717) is 49.9 Å². The van der Waals surface area contributed by atoms with Crippen LogP contribution in [0.25, 0.3) is 16.7 Å². The second-order valence-corrected chi connectivity index (χ2v) is 10.2. The molecule has 11 heteroatoms. The number of halogens is 3. The van der Waals surface area contributed by atoms with E-state index < -0.39 is 17.5 Å². The smallest absolute Gasteiger partial charge is 0.434 e. The van der Waals surface area contributed by atoms with Gasteiger partial charge in [-0.2, -0.15) is 18.3 Å². The Kier molecular flexibility index (Phi) is 7.08. The van der Waals surface area contributed by atoms with E-state index >= 15 is 0 Å². The van der Waals surface area contributed by atoms with E-state index in [-0.39, 0.29) is 34.8 Å². The van der Waals surface area contributed by atoms with Gasteiger partial charge in [0.25, 0.3) is 0 Å². The van der Waals surface area contributed by atoms with Crippen LogP contribution in [0.15, 0.2) is 12.3 Å². The number of alkyl halides is 3. The number of esters is 1. The number of rotatable bonds is 6. The number of hydrogen-bond donors (Lipinski definition) is 2. The van der Waals surface area contributed by atoms with Gasteiger partial charge in [0, 0.05) is 12.6 Å². The normalized spacial score (nSPS) is 24.8. The van der Waals surface area contributed by atoms with E-state index in [1.807, 2.05) is 6.92 Å². The van der Waals surface area contributed by atoms with Gasteiger partial charge in [-0.3, -0.25) is 15.1 Å². The summed E-state index contributed by atoms with van der Waals surface area (Å²) in [5.74, 6) is -0.452. The molecular formula is C26H34F3N5O3. The molecule has 0 aromatic carbocycles. The lowest BCUT2D eigenvalue weighted by Crippen LogP contribution is -2.37. The number of nitrogens with one attached hydrogen (secondary N) is 2. The molecule has 0 saturated heterocycles. The zero-order valence-corrected chi connectivity index (χ0v) is 21.3. The van der Waals surface area contributed by atoms with Crippen molar-refractivity contribution in [3.63, 3.8) is 0 Å². The monoisotopic (exact) mass is 521 g/mol. The predicted molar refractivity (Wildman–Crippen MR) is 132 cm³/mol. The van der Waals surface area contributed by atoms with Crippen LogP contribution in [0.3, 0.4) is 0 Å². The summed E-state index contributed by atoms with van der Waals surface area (Å²) in [5.41, 5.74) is 1.88. The number of hydroxylamine groups is 1. The highest BCUT2D eigenvalue weighted by molar-refractivity contribution is 5.97. The number of anilines is 1. The highest BCUT2D eigenvalue weighted by Crippen LogP contribution is 2.46. The maximum Gasteiger partial charge on any atom is 0.434 e. The molecule has 2 aromatic heterocycles. The first-order chi connectivity index (χ1) is 17.7. The molecule has 0 amide bonds. The predicted octanol–water partition coefficient (Wildman–Crippen LogP) is 5.58. The second-order valence-electron chi connectivity index (χ2n) is 10.2. The molecule has 0 radical (unpaired) electrons. The number of ether oxygens (including phenoxy) is 1. The van der Waals surface area contributed by atoms with Crippen LogP contribution in [-0.2, 0) is 27.1 Å². The Morgan fingerprint density at radius 2 is 1.95 bits per heavy atom. The Balaban J connectivity index is 1.57. The second kappa shape index (κ2) is 10.2.